The second-order valence-corrected chi connectivity index (χ2v) is 7.21. The minimum atomic E-state index is -3.72. The molecule has 0 fully saturated rings. The van der Waals surface area contributed by atoms with Crippen LogP contribution in [0.5, 0.6) is 0 Å². The number of hydrogen-bond acceptors (Lipinski definition) is 4. The highest BCUT2D eigenvalue weighted by atomic mass is 32.2. The molecule has 0 radical (unpaired) electrons. The summed E-state index contributed by atoms with van der Waals surface area (Å²) in [5, 5.41) is 9.73. The molecule has 0 aliphatic rings. The largest absolute Gasteiger partial charge is 0.392 e. The van der Waals surface area contributed by atoms with Gasteiger partial charge >= 0.3 is 0 Å². The van der Waals surface area contributed by atoms with E-state index in [1.807, 2.05) is 13.8 Å². The van der Waals surface area contributed by atoms with Gasteiger partial charge < -0.3 is 5.11 Å². The third-order valence-corrected chi connectivity index (χ3v) is 4.46. The number of nitrogens with one attached hydrogen (secondary N) is 1. The van der Waals surface area contributed by atoms with Crippen LogP contribution in [0.4, 0.5) is 0 Å². The Morgan fingerprint density at radius 1 is 1.33 bits per heavy atom. The third-order valence-electron chi connectivity index (χ3n) is 3.04. The fourth-order valence-electron chi connectivity index (χ4n) is 1.96. The molecule has 0 saturated heterocycles. The molecular weight excluding hydrogens is 290 g/mol. The predicted molar refractivity (Wildman–Crippen MR) is 81.7 cm³/mol. The van der Waals surface area contributed by atoms with E-state index in [1.165, 1.54) is 12.1 Å². The first-order valence-electron chi connectivity index (χ1n) is 7.07. The van der Waals surface area contributed by atoms with Gasteiger partial charge in [-0.25, -0.2) is 13.1 Å². The molecule has 1 unspecified atom stereocenters. The van der Waals surface area contributed by atoms with Gasteiger partial charge in [-0.1, -0.05) is 32.9 Å². The lowest BCUT2D eigenvalue weighted by atomic mass is 10.1. The quantitative estimate of drug-likeness (QED) is 0.719. The minimum absolute atomic E-state index is 0.0353. The van der Waals surface area contributed by atoms with Crippen molar-refractivity contribution < 1.29 is 18.3 Å². The Morgan fingerprint density at radius 2 is 2.00 bits per heavy atom. The molecule has 0 saturated carbocycles. The second kappa shape index (κ2) is 7.68. The van der Waals surface area contributed by atoms with Crippen molar-refractivity contribution in [3.05, 3.63) is 29.8 Å². The first kappa shape index (κ1) is 17.8. The Morgan fingerprint density at radius 3 is 2.57 bits per heavy atom. The molecule has 0 aliphatic carbocycles. The number of Topliss-reactive ketones (excluding diaryl/α,β-unsaturated/α-hetero) is 1. The Balaban J connectivity index is 2.81. The molecule has 0 amide bonds. The van der Waals surface area contributed by atoms with Gasteiger partial charge in [0.25, 0.3) is 0 Å². The third kappa shape index (κ3) is 5.57. The molecule has 6 heteroatoms. The monoisotopic (exact) mass is 313 g/mol. The first-order valence-corrected chi connectivity index (χ1v) is 8.55. The lowest BCUT2D eigenvalue weighted by Gasteiger charge is -2.14. The summed E-state index contributed by atoms with van der Waals surface area (Å²) in [6.45, 7) is 5.60. The van der Waals surface area contributed by atoms with Crippen molar-refractivity contribution in [2.24, 2.45) is 5.92 Å². The zero-order valence-electron chi connectivity index (χ0n) is 12.7. The molecule has 21 heavy (non-hydrogen) atoms. The second-order valence-electron chi connectivity index (χ2n) is 5.44. The van der Waals surface area contributed by atoms with Crippen LogP contribution >= 0.6 is 0 Å². The highest BCUT2D eigenvalue weighted by molar-refractivity contribution is 7.89. The number of benzene rings is 1. The summed E-state index contributed by atoms with van der Waals surface area (Å²) in [6, 6.07) is 5.94. The van der Waals surface area contributed by atoms with E-state index in [-0.39, 0.29) is 23.1 Å². The van der Waals surface area contributed by atoms with Gasteiger partial charge in [0.05, 0.1) is 11.0 Å². The van der Waals surface area contributed by atoms with Gasteiger partial charge in [-0.15, -0.1) is 0 Å². The normalized spacial score (nSPS) is 13.4. The maximum absolute atomic E-state index is 12.2. The number of rotatable bonds is 8. The molecule has 0 bridgehead atoms. The Hall–Kier alpha value is -1.24. The zero-order chi connectivity index (χ0) is 16.0. The highest BCUT2D eigenvalue weighted by Crippen LogP contribution is 2.13. The molecule has 0 heterocycles. The lowest BCUT2D eigenvalue weighted by Crippen LogP contribution is -2.32. The van der Waals surface area contributed by atoms with E-state index < -0.39 is 16.1 Å². The van der Waals surface area contributed by atoms with Gasteiger partial charge in [0, 0.05) is 18.5 Å². The van der Waals surface area contributed by atoms with Crippen molar-refractivity contribution in [3.8, 4) is 0 Å². The van der Waals surface area contributed by atoms with Crippen molar-refractivity contribution in [1.29, 1.82) is 0 Å². The van der Waals surface area contributed by atoms with Crippen molar-refractivity contribution in [2.45, 2.75) is 44.6 Å². The van der Waals surface area contributed by atoms with Crippen LogP contribution in [0.15, 0.2) is 29.2 Å². The van der Waals surface area contributed by atoms with Gasteiger partial charge in [0.2, 0.25) is 10.0 Å². The maximum atomic E-state index is 12.2. The summed E-state index contributed by atoms with van der Waals surface area (Å²) in [6.07, 6.45) is 0.126. The van der Waals surface area contributed by atoms with E-state index in [9.17, 15) is 18.3 Å². The first-order chi connectivity index (χ1) is 9.76. The van der Waals surface area contributed by atoms with Crippen LogP contribution < -0.4 is 4.72 Å². The molecule has 2 N–H and O–H groups in total. The predicted octanol–water partition coefficient (Wildman–Crippen LogP) is 1.96. The Labute approximate surface area is 126 Å². The van der Waals surface area contributed by atoms with Crippen molar-refractivity contribution >= 4 is 15.8 Å². The molecule has 1 aromatic rings. The lowest BCUT2D eigenvalue weighted by molar-refractivity contribution is 0.0988. The zero-order valence-corrected chi connectivity index (χ0v) is 13.5. The van der Waals surface area contributed by atoms with Crippen LogP contribution in [0.1, 0.15) is 44.0 Å². The molecule has 118 valence electrons. The van der Waals surface area contributed by atoms with Gasteiger partial charge in [-0.2, -0.15) is 0 Å². The number of carbonyl (C=O) groups is 1. The van der Waals surface area contributed by atoms with Crippen LogP contribution in [0.3, 0.4) is 0 Å². The van der Waals surface area contributed by atoms with Gasteiger partial charge in [-0.05, 0) is 24.5 Å². The molecule has 1 rings (SSSR count). The maximum Gasteiger partial charge on any atom is 0.240 e. The molecule has 0 aromatic heterocycles. The minimum Gasteiger partial charge on any atom is -0.392 e. The average molecular weight is 313 g/mol. The number of hydrogen-bond donors (Lipinski definition) is 2. The smallest absolute Gasteiger partial charge is 0.240 e. The number of carbonyl (C=O) groups excluding carboxylic acids is 1. The van der Waals surface area contributed by atoms with E-state index >= 15 is 0 Å². The Bertz CT molecular complexity index is 581. The molecular formula is C15H23NO4S. The van der Waals surface area contributed by atoms with Crippen molar-refractivity contribution in [2.75, 3.05) is 6.54 Å². The van der Waals surface area contributed by atoms with Gasteiger partial charge in [0.1, 0.15) is 0 Å². The van der Waals surface area contributed by atoms with E-state index in [0.717, 1.165) is 0 Å². The van der Waals surface area contributed by atoms with E-state index in [0.29, 0.717) is 18.4 Å². The van der Waals surface area contributed by atoms with E-state index in [2.05, 4.69) is 4.72 Å². The number of aliphatic hydroxyl groups is 1. The molecule has 0 aliphatic heterocycles. The summed E-state index contributed by atoms with van der Waals surface area (Å²) >= 11 is 0. The summed E-state index contributed by atoms with van der Waals surface area (Å²) in [5.41, 5.74) is 0.378. The van der Waals surface area contributed by atoms with Crippen molar-refractivity contribution in [1.82, 2.24) is 4.72 Å². The number of ketones is 1. The number of aliphatic hydroxyl groups excluding tert-OH is 1. The SMILES string of the molecule is CCC(=O)c1cccc(S(=O)(=O)NCC(O)CC(C)C)c1. The summed E-state index contributed by atoms with van der Waals surface area (Å²) in [5.74, 6) is 0.182. The molecule has 5 nitrogen and oxygen atoms in total. The van der Waals surface area contributed by atoms with E-state index in [4.69, 9.17) is 0 Å². The molecule has 1 atom stereocenters. The van der Waals surface area contributed by atoms with Crippen LogP contribution in [0.25, 0.3) is 0 Å². The van der Waals surface area contributed by atoms with Gasteiger partial charge in [0.15, 0.2) is 5.78 Å². The molecule has 1 aromatic carbocycles. The topological polar surface area (TPSA) is 83.5 Å². The van der Waals surface area contributed by atoms with Gasteiger partial charge in [-0.3, -0.25) is 4.79 Å². The standard InChI is InChI=1S/C15H23NO4S/c1-4-15(18)12-6-5-7-14(9-12)21(19,20)16-10-13(17)8-11(2)3/h5-7,9,11,13,16-17H,4,8,10H2,1-3H3. The molecule has 0 spiro atoms. The summed E-state index contributed by atoms with van der Waals surface area (Å²) < 4.78 is 26.7. The van der Waals surface area contributed by atoms with Crippen LogP contribution in [0, 0.1) is 5.92 Å². The summed E-state index contributed by atoms with van der Waals surface area (Å²) in [4.78, 5) is 11.7. The fraction of sp³-hybridized carbons (Fsp3) is 0.533. The Kier molecular flexibility index (Phi) is 6.51. The fourth-order valence-corrected chi connectivity index (χ4v) is 3.08. The average Bonchev–Trinajstić information content (AvgIpc) is 2.44. The van der Waals surface area contributed by atoms with E-state index in [1.54, 1.807) is 19.1 Å². The van der Waals surface area contributed by atoms with Crippen LogP contribution in [-0.2, 0) is 10.0 Å². The van der Waals surface area contributed by atoms with Crippen molar-refractivity contribution in [3.63, 3.8) is 0 Å². The summed E-state index contributed by atoms with van der Waals surface area (Å²) in [7, 11) is -3.72. The van der Waals surface area contributed by atoms with Crippen LogP contribution in [-0.4, -0.2) is 32.0 Å². The van der Waals surface area contributed by atoms with Crippen LogP contribution in [0.2, 0.25) is 0 Å². The number of sulfonamides is 1. The highest BCUT2D eigenvalue weighted by Gasteiger charge is 2.17.